The van der Waals surface area contributed by atoms with Gasteiger partial charge < -0.3 is 9.84 Å². The molecule has 0 bridgehead atoms. The molecule has 9 nitrogen and oxygen atoms in total. The van der Waals surface area contributed by atoms with Crippen molar-refractivity contribution in [1.82, 2.24) is 9.91 Å². The summed E-state index contributed by atoms with van der Waals surface area (Å²) in [6.45, 7) is 4.01. The zero-order valence-corrected chi connectivity index (χ0v) is 25.4. The molecular formula is C36H35N3O6. The van der Waals surface area contributed by atoms with Gasteiger partial charge >= 0.3 is 0 Å². The molecule has 2 N–H and O–H groups in total. The van der Waals surface area contributed by atoms with E-state index in [4.69, 9.17) is 4.74 Å². The van der Waals surface area contributed by atoms with Gasteiger partial charge in [-0.3, -0.25) is 29.5 Å². The van der Waals surface area contributed by atoms with E-state index >= 15 is 4.79 Å². The zero-order chi connectivity index (χ0) is 31.6. The summed E-state index contributed by atoms with van der Waals surface area (Å²) in [4.78, 5) is 58.1. The standard InChI is InChI=1S/C36H35N3O6/c1-4-38-32(41)24-18-17-23-26(29(24)34(38)43)19-27-33(42)39(37-22-15-13-20(2)14-16-22)35(44)36(27,21-9-6-5-7-10-21)30(23)25-11-8-12-28(45-3)31(25)40/h5-17,24,26-27,29-30,37,40H,4,18-19H2,1-3H3/t24-,26+,27-,29-,30+,36+/m0/s1. The average Bonchev–Trinajstić information content (AvgIpc) is 3.43. The second kappa shape index (κ2) is 10.6. The molecule has 0 radical (unpaired) electrons. The number of allylic oxidation sites excluding steroid dienone is 2. The molecule has 2 heterocycles. The number of nitrogens with one attached hydrogen (secondary N) is 1. The molecule has 45 heavy (non-hydrogen) atoms. The van der Waals surface area contributed by atoms with E-state index < -0.39 is 46.8 Å². The van der Waals surface area contributed by atoms with Crippen LogP contribution in [0.15, 0.2) is 84.4 Å². The maximum atomic E-state index is 15.1. The number of methoxy groups -OCH3 is 1. The molecule has 9 heteroatoms. The first-order chi connectivity index (χ1) is 21.7. The van der Waals surface area contributed by atoms with Crippen LogP contribution in [-0.2, 0) is 24.6 Å². The molecule has 0 aromatic heterocycles. The van der Waals surface area contributed by atoms with Crippen LogP contribution in [0.25, 0.3) is 0 Å². The molecule has 0 spiro atoms. The normalized spacial score (nSPS) is 28.9. The van der Waals surface area contributed by atoms with Crippen LogP contribution in [0.2, 0.25) is 0 Å². The summed E-state index contributed by atoms with van der Waals surface area (Å²) in [5.74, 6) is -4.55. The van der Waals surface area contributed by atoms with E-state index in [1.54, 1.807) is 25.1 Å². The van der Waals surface area contributed by atoms with Gasteiger partial charge in [0.15, 0.2) is 11.5 Å². The number of carbonyl (C=O) groups excluding carboxylic acids is 4. The minimum Gasteiger partial charge on any atom is -0.504 e. The van der Waals surface area contributed by atoms with Gasteiger partial charge in [0.25, 0.3) is 11.8 Å². The number of aromatic hydroxyl groups is 1. The predicted octanol–water partition coefficient (Wildman–Crippen LogP) is 4.71. The molecule has 4 aliphatic rings. The number of hydrogen-bond acceptors (Lipinski definition) is 7. The van der Waals surface area contributed by atoms with Crippen molar-refractivity contribution in [3.63, 3.8) is 0 Å². The topological polar surface area (TPSA) is 116 Å². The Balaban J connectivity index is 1.48. The van der Waals surface area contributed by atoms with E-state index in [9.17, 15) is 19.5 Å². The van der Waals surface area contributed by atoms with Crippen LogP contribution in [0.1, 0.15) is 42.4 Å². The highest BCUT2D eigenvalue weighted by Gasteiger charge is 2.70. The van der Waals surface area contributed by atoms with Crippen molar-refractivity contribution in [2.75, 3.05) is 19.1 Å². The smallest absolute Gasteiger partial charge is 0.260 e. The number of phenolic OH excluding ortho intramolecular Hbond substituents is 1. The van der Waals surface area contributed by atoms with Gasteiger partial charge in [-0.2, -0.15) is 5.01 Å². The number of aryl methyl sites for hydroxylation is 1. The second-order valence-corrected chi connectivity index (χ2v) is 12.4. The Hall–Kier alpha value is -4.92. The Bertz CT molecular complexity index is 1750. The van der Waals surface area contributed by atoms with Crippen LogP contribution < -0.4 is 10.2 Å². The van der Waals surface area contributed by atoms with Gasteiger partial charge in [-0.15, -0.1) is 0 Å². The molecule has 6 atom stereocenters. The number of likely N-dealkylation sites (tertiary alicyclic amines) is 1. The zero-order valence-electron chi connectivity index (χ0n) is 25.4. The van der Waals surface area contributed by atoms with Crippen molar-refractivity contribution >= 4 is 29.3 Å². The highest BCUT2D eigenvalue weighted by Crippen LogP contribution is 2.65. The number of hydrazine groups is 1. The average molecular weight is 606 g/mol. The molecule has 1 saturated carbocycles. The Kier molecular flexibility index (Phi) is 6.80. The van der Waals surface area contributed by atoms with Crippen molar-refractivity contribution in [3.8, 4) is 11.5 Å². The number of benzene rings is 3. The third-order valence-electron chi connectivity index (χ3n) is 10.4. The third-order valence-corrected chi connectivity index (χ3v) is 10.4. The van der Waals surface area contributed by atoms with Crippen LogP contribution >= 0.6 is 0 Å². The van der Waals surface area contributed by atoms with Gasteiger partial charge in [0.05, 0.1) is 36.0 Å². The number of carbonyl (C=O) groups is 4. The molecule has 2 saturated heterocycles. The van der Waals surface area contributed by atoms with Crippen LogP contribution in [-0.4, -0.2) is 52.3 Å². The van der Waals surface area contributed by atoms with Crippen LogP contribution in [0.4, 0.5) is 5.69 Å². The second-order valence-electron chi connectivity index (χ2n) is 12.4. The number of phenols is 1. The summed E-state index contributed by atoms with van der Waals surface area (Å²) >= 11 is 0. The lowest BCUT2D eigenvalue weighted by Crippen LogP contribution is -2.53. The van der Waals surface area contributed by atoms with E-state index in [1.807, 2.05) is 67.6 Å². The molecule has 0 unspecified atom stereocenters. The Morgan fingerprint density at radius 1 is 0.911 bits per heavy atom. The number of ether oxygens (including phenoxy) is 1. The quantitative estimate of drug-likeness (QED) is 0.309. The monoisotopic (exact) mass is 605 g/mol. The maximum absolute atomic E-state index is 15.1. The fourth-order valence-electron chi connectivity index (χ4n) is 8.41. The van der Waals surface area contributed by atoms with Crippen molar-refractivity contribution < 1.29 is 29.0 Å². The molecular weight excluding hydrogens is 570 g/mol. The van der Waals surface area contributed by atoms with Crippen molar-refractivity contribution in [3.05, 3.63) is 101 Å². The molecule has 2 aliphatic carbocycles. The van der Waals surface area contributed by atoms with Gasteiger partial charge in [-0.25, -0.2) is 0 Å². The molecule has 2 aliphatic heterocycles. The number of nitrogens with zero attached hydrogens (tertiary/aromatic N) is 2. The van der Waals surface area contributed by atoms with Crippen LogP contribution in [0.5, 0.6) is 11.5 Å². The fraction of sp³-hybridized carbons (Fsp3) is 0.333. The number of hydrogen-bond donors (Lipinski definition) is 2. The van der Waals surface area contributed by atoms with Gasteiger partial charge in [0.1, 0.15) is 0 Å². The van der Waals surface area contributed by atoms with Crippen LogP contribution in [0.3, 0.4) is 0 Å². The largest absolute Gasteiger partial charge is 0.504 e. The first-order valence-electron chi connectivity index (χ1n) is 15.4. The number of fused-ring (bicyclic) bond motifs is 4. The van der Waals surface area contributed by atoms with E-state index in [1.165, 1.54) is 12.0 Å². The van der Waals surface area contributed by atoms with Gasteiger partial charge in [0.2, 0.25) is 11.8 Å². The summed E-state index contributed by atoms with van der Waals surface area (Å²) in [5.41, 5.74) is 5.10. The lowest BCUT2D eigenvalue weighted by molar-refractivity contribution is -0.141. The third kappa shape index (κ3) is 3.99. The van der Waals surface area contributed by atoms with E-state index in [-0.39, 0.29) is 36.3 Å². The summed E-state index contributed by atoms with van der Waals surface area (Å²) in [7, 11) is 1.46. The number of imide groups is 2. The lowest BCUT2D eigenvalue weighted by Gasteiger charge is -2.50. The number of rotatable bonds is 6. The molecule has 3 aromatic carbocycles. The Morgan fingerprint density at radius 2 is 1.64 bits per heavy atom. The van der Waals surface area contributed by atoms with Crippen molar-refractivity contribution in [2.24, 2.45) is 23.7 Å². The SMILES string of the molecule is CCN1C(=O)[C@H]2[C@H](CC=C3[C@H]2C[C@H]2C(=O)N(Nc4ccc(C)cc4)C(=O)[C@@]2(c2ccccc2)[C@H]3c2cccc(OC)c2O)C1=O. The first-order valence-corrected chi connectivity index (χ1v) is 15.4. The van der Waals surface area contributed by atoms with Crippen molar-refractivity contribution in [1.29, 1.82) is 0 Å². The maximum Gasteiger partial charge on any atom is 0.260 e. The van der Waals surface area contributed by atoms with E-state index in [0.717, 1.165) is 16.1 Å². The fourth-order valence-corrected chi connectivity index (χ4v) is 8.41. The summed E-state index contributed by atoms with van der Waals surface area (Å²) in [6.07, 6.45) is 2.52. The van der Waals surface area contributed by atoms with E-state index in [2.05, 4.69) is 5.43 Å². The Morgan fingerprint density at radius 3 is 2.33 bits per heavy atom. The molecule has 7 rings (SSSR count). The minimum atomic E-state index is -1.45. The number of anilines is 1. The van der Waals surface area contributed by atoms with Gasteiger partial charge in [-0.05, 0) is 56.4 Å². The molecule has 3 aromatic rings. The molecule has 4 amide bonds. The van der Waals surface area contributed by atoms with Crippen molar-refractivity contribution in [2.45, 2.75) is 38.0 Å². The Labute approximate surface area is 261 Å². The van der Waals surface area contributed by atoms with Crippen LogP contribution in [0, 0.1) is 30.6 Å². The number of para-hydroxylation sites is 1. The summed E-state index contributed by atoms with van der Waals surface area (Å²) in [5, 5.41) is 12.8. The highest BCUT2D eigenvalue weighted by molar-refractivity contribution is 6.13. The lowest BCUT2D eigenvalue weighted by atomic mass is 9.49. The summed E-state index contributed by atoms with van der Waals surface area (Å²) < 4.78 is 5.50. The minimum absolute atomic E-state index is 0.128. The first kappa shape index (κ1) is 28.8. The van der Waals surface area contributed by atoms with Gasteiger partial charge in [-0.1, -0.05) is 71.8 Å². The highest BCUT2D eigenvalue weighted by atomic mass is 16.5. The molecule has 230 valence electrons. The van der Waals surface area contributed by atoms with Gasteiger partial charge in [0, 0.05) is 18.0 Å². The van der Waals surface area contributed by atoms with E-state index in [0.29, 0.717) is 23.2 Å². The molecule has 3 fully saturated rings. The summed E-state index contributed by atoms with van der Waals surface area (Å²) in [6, 6.07) is 21.8. The number of amides is 4. The predicted molar refractivity (Wildman–Crippen MR) is 166 cm³/mol.